The molecule has 1 unspecified atom stereocenters. The fraction of sp³-hybridized carbons (Fsp3) is 0.333. The van der Waals surface area contributed by atoms with E-state index in [9.17, 15) is 9.59 Å². The number of carbonyl (C=O) groups excluding carboxylic acids is 2. The molecule has 192 valence electrons. The first-order valence-electron chi connectivity index (χ1n) is 12.8. The van der Waals surface area contributed by atoms with Crippen molar-refractivity contribution in [2.45, 2.75) is 38.2 Å². The molecule has 3 aliphatic heterocycles. The van der Waals surface area contributed by atoms with Crippen molar-refractivity contribution in [1.29, 1.82) is 0 Å². The summed E-state index contributed by atoms with van der Waals surface area (Å²) in [5, 5.41) is 2.73. The van der Waals surface area contributed by atoms with E-state index in [1.54, 1.807) is 18.2 Å². The predicted molar refractivity (Wildman–Crippen MR) is 139 cm³/mol. The maximum absolute atomic E-state index is 13.4. The van der Waals surface area contributed by atoms with Gasteiger partial charge in [-0.3, -0.25) is 4.90 Å². The Morgan fingerprint density at radius 1 is 0.865 bits per heavy atom. The van der Waals surface area contributed by atoms with Crippen LogP contribution in [0.2, 0.25) is 0 Å². The third-order valence-corrected chi connectivity index (χ3v) is 7.01. The zero-order valence-corrected chi connectivity index (χ0v) is 20.8. The van der Waals surface area contributed by atoms with E-state index in [1.165, 1.54) is 0 Å². The molecule has 3 aromatic rings. The Kier molecular flexibility index (Phi) is 8.01. The number of alkyl carbamates (subject to hydrolysis) is 1. The Morgan fingerprint density at radius 2 is 1.54 bits per heavy atom. The molecule has 1 N–H and O–H groups in total. The predicted octanol–water partition coefficient (Wildman–Crippen LogP) is 4.87. The van der Waals surface area contributed by atoms with Crippen LogP contribution in [0.4, 0.5) is 4.79 Å². The van der Waals surface area contributed by atoms with Crippen molar-refractivity contribution in [2.24, 2.45) is 5.92 Å². The number of fused-ring (bicyclic) bond motifs is 3. The minimum Gasteiger partial charge on any atom is -0.489 e. The van der Waals surface area contributed by atoms with Crippen LogP contribution < -0.4 is 10.1 Å². The molecule has 2 atom stereocenters. The minimum atomic E-state index is -1.01. The van der Waals surface area contributed by atoms with Crippen LogP contribution in [0, 0.1) is 5.92 Å². The smallest absolute Gasteiger partial charge is 0.408 e. The van der Waals surface area contributed by atoms with Gasteiger partial charge in [0.15, 0.2) is 6.04 Å². The van der Waals surface area contributed by atoms with Crippen LogP contribution in [0.5, 0.6) is 5.75 Å². The molecule has 0 aromatic heterocycles. The Morgan fingerprint density at radius 3 is 2.19 bits per heavy atom. The van der Waals surface area contributed by atoms with E-state index in [0.29, 0.717) is 23.8 Å². The summed E-state index contributed by atoms with van der Waals surface area (Å²) in [4.78, 5) is 28.5. The second kappa shape index (κ2) is 11.9. The minimum absolute atomic E-state index is 0.105. The van der Waals surface area contributed by atoms with Gasteiger partial charge in [0.05, 0.1) is 0 Å². The molecule has 0 spiro atoms. The van der Waals surface area contributed by atoms with E-state index in [0.717, 1.165) is 43.6 Å². The van der Waals surface area contributed by atoms with Gasteiger partial charge in [-0.25, -0.2) is 9.59 Å². The van der Waals surface area contributed by atoms with Crippen LogP contribution in [-0.4, -0.2) is 42.7 Å². The fourth-order valence-electron chi connectivity index (χ4n) is 4.95. The number of nitrogens with zero attached hydrogens (tertiary/aromatic N) is 1. The van der Waals surface area contributed by atoms with E-state index in [2.05, 4.69) is 10.2 Å². The normalized spacial score (nSPS) is 21.0. The molecule has 7 nitrogen and oxygen atoms in total. The Balaban J connectivity index is 1.29. The largest absolute Gasteiger partial charge is 0.489 e. The molecule has 0 aliphatic carbocycles. The highest BCUT2D eigenvalue weighted by Gasteiger charge is 2.38. The number of benzene rings is 3. The molecule has 37 heavy (non-hydrogen) atoms. The number of hydrogen-bond acceptors (Lipinski definition) is 6. The highest BCUT2D eigenvalue weighted by atomic mass is 16.6. The average molecular weight is 501 g/mol. The van der Waals surface area contributed by atoms with Gasteiger partial charge in [0.25, 0.3) is 0 Å². The van der Waals surface area contributed by atoms with Gasteiger partial charge in [0.2, 0.25) is 0 Å². The van der Waals surface area contributed by atoms with Crippen molar-refractivity contribution in [3.63, 3.8) is 0 Å². The molecule has 3 saturated heterocycles. The molecule has 6 rings (SSSR count). The Labute approximate surface area is 217 Å². The number of hydrogen-bond donors (Lipinski definition) is 1. The van der Waals surface area contributed by atoms with Gasteiger partial charge in [-0.05, 0) is 60.7 Å². The van der Waals surface area contributed by atoms with Crippen molar-refractivity contribution in [1.82, 2.24) is 10.2 Å². The van der Waals surface area contributed by atoms with Crippen molar-refractivity contribution < 1.29 is 23.8 Å². The number of piperidine rings is 3. The lowest BCUT2D eigenvalue weighted by Gasteiger charge is -2.44. The average Bonchev–Trinajstić information content (AvgIpc) is 2.95. The molecule has 0 saturated carbocycles. The van der Waals surface area contributed by atoms with Crippen LogP contribution in [0.3, 0.4) is 0 Å². The van der Waals surface area contributed by atoms with Crippen molar-refractivity contribution in [3.05, 3.63) is 102 Å². The number of nitrogens with one attached hydrogen (secondary N) is 1. The molecular formula is C30H32N2O5. The lowest BCUT2D eigenvalue weighted by molar-refractivity contribution is -0.161. The maximum atomic E-state index is 13.4. The highest BCUT2D eigenvalue weighted by molar-refractivity contribution is 5.83. The van der Waals surface area contributed by atoms with E-state index in [4.69, 9.17) is 14.2 Å². The van der Waals surface area contributed by atoms with Gasteiger partial charge in [-0.2, -0.15) is 0 Å². The Bertz CT molecular complexity index is 1180. The number of rotatable bonds is 9. The zero-order valence-electron chi connectivity index (χ0n) is 20.8. The molecular weight excluding hydrogens is 468 g/mol. The zero-order chi connectivity index (χ0) is 25.5. The third-order valence-electron chi connectivity index (χ3n) is 7.01. The number of ether oxygens (including phenoxy) is 3. The van der Waals surface area contributed by atoms with Gasteiger partial charge >= 0.3 is 12.1 Å². The molecule has 1 amide bonds. The number of esters is 1. The molecule has 3 heterocycles. The van der Waals surface area contributed by atoms with Gasteiger partial charge < -0.3 is 19.5 Å². The summed E-state index contributed by atoms with van der Waals surface area (Å²) >= 11 is 0. The van der Waals surface area contributed by atoms with Crippen LogP contribution >= 0.6 is 0 Å². The van der Waals surface area contributed by atoms with E-state index in [-0.39, 0.29) is 12.7 Å². The van der Waals surface area contributed by atoms with Gasteiger partial charge in [0, 0.05) is 6.54 Å². The quantitative estimate of drug-likeness (QED) is 0.423. The third kappa shape index (κ3) is 6.68. The lowest BCUT2D eigenvalue weighted by Crippen LogP contribution is -2.52. The molecule has 2 bridgehead atoms. The number of carbonyl (C=O) groups is 2. The summed E-state index contributed by atoms with van der Waals surface area (Å²) in [6.07, 6.45) is 1.20. The lowest BCUT2D eigenvalue weighted by atomic mass is 9.86. The van der Waals surface area contributed by atoms with Gasteiger partial charge in [0.1, 0.15) is 25.1 Å². The summed E-state index contributed by atoms with van der Waals surface area (Å²) in [6.45, 7) is 3.34. The molecule has 3 fully saturated rings. The summed E-state index contributed by atoms with van der Waals surface area (Å²) in [5.74, 6) is 0.470. The van der Waals surface area contributed by atoms with Crippen molar-refractivity contribution >= 4 is 12.1 Å². The molecule has 0 radical (unpaired) electrons. The van der Waals surface area contributed by atoms with E-state index >= 15 is 0 Å². The van der Waals surface area contributed by atoms with Crippen molar-refractivity contribution in [2.75, 3.05) is 19.6 Å². The molecule has 7 heteroatoms. The summed E-state index contributed by atoms with van der Waals surface area (Å²) in [6, 6.07) is 25.4. The molecule has 3 aliphatic rings. The Hall–Kier alpha value is -3.84. The topological polar surface area (TPSA) is 77.1 Å². The van der Waals surface area contributed by atoms with Gasteiger partial charge in [-0.1, -0.05) is 72.8 Å². The van der Waals surface area contributed by atoms with E-state index in [1.807, 2.05) is 66.7 Å². The van der Waals surface area contributed by atoms with Crippen LogP contribution in [0.15, 0.2) is 84.9 Å². The number of amides is 1. The maximum Gasteiger partial charge on any atom is 0.408 e. The summed E-state index contributed by atoms with van der Waals surface area (Å²) in [5.41, 5.74) is 2.47. The highest BCUT2D eigenvalue weighted by Crippen LogP contribution is 2.31. The first-order chi connectivity index (χ1) is 18.1. The summed E-state index contributed by atoms with van der Waals surface area (Å²) < 4.78 is 17.4. The molecule has 3 aromatic carbocycles. The van der Waals surface area contributed by atoms with Crippen LogP contribution in [-0.2, 0) is 27.5 Å². The van der Waals surface area contributed by atoms with Gasteiger partial charge in [-0.15, -0.1) is 0 Å². The van der Waals surface area contributed by atoms with Crippen LogP contribution in [0.25, 0.3) is 0 Å². The SMILES string of the molecule is O=C(NC(C(=O)O[C@H]1CN2CCC1CC2)c1cccc(OCc2ccccc2)c1)OCc1ccccc1. The second-order valence-corrected chi connectivity index (χ2v) is 9.60. The second-order valence-electron chi connectivity index (χ2n) is 9.60. The first kappa shape index (κ1) is 24.8. The first-order valence-corrected chi connectivity index (χ1v) is 12.8. The van der Waals surface area contributed by atoms with Crippen molar-refractivity contribution in [3.8, 4) is 5.75 Å². The standard InChI is InChI=1S/C30H32N2O5/c33-29(37-27-19-32-16-14-24(27)15-17-32)28(31-30(34)36-21-23-10-5-2-6-11-23)25-12-7-13-26(18-25)35-20-22-8-3-1-4-9-22/h1-13,18,24,27-28H,14-17,19-21H2,(H,31,34)/t27-,28?/m0/s1. The summed E-state index contributed by atoms with van der Waals surface area (Å²) in [7, 11) is 0. The van der Waals surface area contributed by atoms with Crippen LogP contribution in [0.1, 0.15) is 35.6 Å². The monoisotopic (exact) mass is 500 g/mol. The fourth-order valence-corrected chi connectivity index (χ4v) is 4.95. The van der Waals surface area contributed by atoms with E-state index < -0.39 is 18.1 Å².